The molecular weight excluding hydrogens is 278 g/mol. The highest BCUT2D eigenvalue weighted by Gasteiger charge is 2.30. The molecule has 2 rings (SSSR count). The number of aromatic nitrogens is 2. The van der Waals surface area contributed by atoms with Gasteiger partial charge in [0.2, 0.25) is 0 Å². The number of amides is 1. The van der Waals surface area contributed by atoms with Gasteiger partial charge in [-0.3, -0.25) is 9.58 Å². The highest BCUT2D eigenvalue weighted by atomic mass is 16.6. The predicted octanol–water partition coefficient (Wildman–Crippen LogP) is 3.96. The van der Waals surface area contributed by atoms with Gasteiger partial charge >= 0.3 is 6.09 Å². The number of carbonyl (C=O) groups excluding carboxylic acids is 1. The molecule has 1 atom stereocenters. The molecule has 2 heterocycles. The maximum Gasteiger partial charge on any atom is 0.410 e. The lowest BCUT2D eigenvalue weighted by Gasteiger charge is -2.24. The Labute approximate surface area is 133 Å². The molecule has 0 saturated carbocycles. The Morgan fingerprint density at radius 3 is 2.64 bits per heavy atom. The van der Waals surface area contributed by atoms with E-state index in [-0.39, 0.29) is 6.09 Å². The van der Waals surface area contributed by atoms with Gasteiger partial charge in [-0.05, 0) is 33.1 Å². The molecule has 124 valence electrons. The van der Waals surface area contributed by atoms with Gasteiger partial charge in [-0.25, -0.2) is 4.79 Å². The number of fused-ring (bicyclic) bond motifs is 1. The summed E-state index contributed by atoms with van der Waals surface area (Å²) < 4.78 is 7.48. The first-order valence-corrected chi connectivity index (χ1v) is 8.35. The summed E-state index contributed by atoms with van der Waals surface area (Å²) in [4.78, 5) is 13.8. The van der Waals surface area contributed by atoms with Gasteiger partial charge in [-0.15, -0.1) is 0 Å². The second kappa shape index (κ2) is 6.71. The van der Waals surface area contributed by atoms with Crippen molar-refractivity contribution < 1.29 is 9.53 Å². The minimum atomic E-state index is -0.453. The van der Waals surface area contributed by atoms with Gasteiger partial charge < -0.3 is 4.74 Å². The van der Waals surface area contributed by atoms with E-state index in [1.165, 1.54) is 19.3 Å². The van der Waals surface area contributed by atoms with Crippen LogP contribution in [0.15, 0.2) is 6.20 Å². The topological polar surface area (TPSA) is 47.4 Å². The van der Waals surface area contributed by atoms with Gasteiger partial charge in [0, 0.05) is 18.3 Å². The Hall–Kier alpha value is -1.52. The number of hydrogen-bond donors (Lipinski definition) is 0. The Morgan fingerprint density at radius 1 is 1.36 bits per heavy atom. The maximum absolute atomic E-state index is 12.1. The summed E-state index contributed by atoms with van der Waals surface area (Å²) in [6.07, 6.45) is 5.48. The summed E-state index contributed by atoms with van der Waals surface area (Å²) in [6, 6.07) is 0. The fraction of sp³-hybridized carbons (Fsp3) is 0.765. The first-order valence-electron chi connectivity index (χ1n) is 8.35. The van der Waals surface area contributed by atoms with Crippen LogP contribution in [0.4, 0.5) is 4.79 Å². The molecule has 0 aromatic carbocycles. The van der Waals surface area contributed by atoms with E-state index in [0.29, 0.717) is 19.0 Å². The lowest BCUT2D eigenvalue weighted by atomic mass is 10.0. The lowest BCUT2D eigenvalue weighted by Crippen LogP contribution is -2.33. The summed E-state index contributed by atoms with van der Waals surface area (Å²) >= 11 is 0. The van der Waals surface area contributed by atoms with Crippen LogP contribution in [0.3, 0.4) is 0 Å². The number of hydrogen-bond acceptors (Lipinski definition) is 3. The largest absolute Gasteiger partial charge is 0.444 e. The van der Waals surface area contributed by atoms with Crippen LogP contribution in [0, 0.1) is 5.92 Å². The number of ether oxygens (including phenoxy) is 1. The fourth-order valence-electron chi connectivity index (χ4n) is 2.86. The second-order valence-corrected chi connectivity index (χ2v) is 7.22. The zero-order valence-electron chi connectivity index (χ0n) is 14.6. The molecule has 0 radical (unpaired) electrons. The molecule has 1 aliphatic heterocycles. The van der Waals surface area contributed by atoms with E-state index in [2.05, 4.69) is 29.8 Å². The first kappa shape index (κ1) is 16.8. The Bertz CT molecular complexity index is 493. The van der Waals surface area contributed by atoms with E-state index in [4.69, 9.17) is 4.74 Å². The van der Waals surface area contributed by atoms with Crippen molar-refractivity contribution in [2.75, 3.05) is 0 Å². The van der Waals surface area contributed by atoms with Gasteiger partial charge in [-0.1, -0.05) is 26.7 Å². The van der Waals surface area contributed by atoms with Gasteiger partial charge in [0.15, 0.2) is 0 Å². The molecule has 1 aromatic heterocycles. The van der Waals surface area contributed by atoms with Crippen LogP contribution >= 0.6 is 0 Å². The van der Waals surface area contributed by atoms with Crippen LogP contribution in [0.2, 0.25) is 0 Å². The number of rotatable bonds is 5. The molecule has 0 N–H and O–H groups in total. The molecule has 1 amide bonds. The first-order chi connectivity index (χ1) is 10.3. The summed E-state index contributed by atoms with van der Waals surface area (Å²) in [6.45, 7) is 12.3. The van der Waals surface area contributed by atoms with Crippen molar-refractivity contribution in [1.29, 1.82) is 0 Å². The van der Waals surface area contributed by atoms with Crippen LogP contribution in [-0.2, 0) is 24.4 Å². The van der Waals surface area contributed by atoms with Gasteiger partial charge in [0.05, 0.1) is 18.8 Å². The summed E-state index contributed by atoms with van der Waals surface area (Å²) in [7, 11) is 0. The highest BCUT2D eigenvalue weighted by Crippen LogP contribution is 2.24. The average Bonchev–Trinajstić information content (AvgIpc) is 2.94. The van der Waals surface area contributed by atoms with Crippen molar-refractivity contribution in [3.63, 3.8) is 0 Å². The molecule has 0 fully saturated rings. The normalized spacial score (nSPS) is 15.8. The van der Waals surface area contributed by atoms with E-state index in [1.807, 2.05) is 20.8 Å². The third-order valence-electron chi connectivity index (χ3n) is 4.00. The standard InChI is InChI=1S/C17H29N3O2/c1-6-8-13(7-2)9-20-11-14-10-19(12-15(14)18-20)16(21)22-17(3,4)5/h11,13H,6-10,12H2,1-5H3. The fourth-order valence-corrected chi connectivity index (χ4v) is 2.86. The lowest BCUT2D eigenvalue weighted by molar-refractivity contribution is 0.0239. The summed E-state index contributed by atoms with van der Waals surface area (Å²) in [5, 5.41) is 4.66. The minimum Gasteiger partial charge on any atom is -0.444 e. The van der Waals surface area contributed by atoms with Crippen LogP contribution < -0.4 is 0 Å². The second-order valence-electron chi connectivity index (χ2n) is 7.22. The quantitative estimate of drug-likeness (QED) is 0.827. The molecule has 1 aromatic rings. The van der Waals surface area contributed by atoms with Crippen molar-refractivity contribution in [2.24, 2.45) is 5.92 Å². The van der Waals surface area contributed by atoms with E-state index >= 15 is 0 Å². The smallest absolute Gasteiger partial charge is 0.410 e. The Kier molecular flexibility index (Phi) is 5.14. The van der Waals surface area contributed by atoms with Crippen molar-refractivity contribution in [2.45, 2.75) is 79.1 Å². The van der Waals surface area contributed by atoms with Crippen LogP contribution in [0.5, 0.6) is 0 Å². The van der Waals surface area contributed by atoms with Crippen molar-refractivity contribution >= 4 is 6.09 Å². The Balaban J connectivity index is 1.94. The zero-order valence-corrected chi connectivity index (χ0v) is 14.6. The van der Waals surface area contributed by atoms with Gasteiger partial charge in [-0.2, -0.15) is 5.10 Å². The number of carbonyl (C=O) groups is 1. The third-order valence-corrected chi connectivity index (χ3v) is 4.00. The van der Waals surface area contributed by atoms with Crippen molar-refractivity contribution in [1.82, 2.24) is 14.7 Å². The van der Waals surface area contributed by atoms with E-state index in [9.17, 15) is 4.79 Å². The van der Waals surface area contributed by atoms with Crippen molar-refractivity contribution in [3.8, 4) is 0 Å². The number of nitrogens with zero attached hydrogens (tertiary/aromatic N) is 3. The summed E-state index contributed by atoms with van der Waals surface area (Å²) in [5.74, 6) is 0.687. The van der Waals surface area contributed by atoms with Crippen LogP contribution in [0.1, 0.15) is 65.1 Å². The van der Waals surface area contributed by atoms with E-state index in [1.54, 1.807) is 4.90 Å². The maximum atomic E-state index is 12.1. The highest BCUT2D eigenvalue weighted by molar-refractivity contribution is 5.69. The van der Waals surface area contributed by atoms with Crippen LogP contribution in [0.25, 0.3) is 0 Å². The molecule has 5 nitrogen and oxygen atoms in total. The molecule has 22 heavy (non-hydrogen) atoms. The summed E-state index contributed by atoms with van der Waals surface area (Å²) in [5.41, 5.74) is 1.71. The minimum absolute atomic E-state index is 0.255. The van der Waals surface area contributed by atoms with Gasteiger partial charge in [0.25, 0.3) is 0 Å². The monoisotopic (exact) mass is 307 g/mol. The van der Waals surface area contributed by atoms with Crippen molar-refractivity contribution in [3.05, 3.63) is 17.5 Å². The average molecular weight is 307 g/mol. The molecule has 1 unspecified atom stereocenters. The molecule has 0 saturated heterocycles. The van der Waals surface area contributed by atoms with E-state index < -0.39 is 5.60 Å². The van der Waals surface area contributed by atoms with E-state index in [0.717, 1.165) is 17.8 Å². The van der Waals surface area contributed by atoms with Gasteiger partial charge in [0.1, 0.15) is 5.60 Å². The predicted molar refractivity (Wildman–Crippen MR) is 86.4 cm³/mol. The molecular formula is C17H29N3O2. The third kappa shape index (κ3) is 4.24. The molecule has 0 spiro atoms. The van der Waals surface area contributed by atoms with Crippen LogP contribution in [-0.4, -0.2) is 26.4 Å². The zero-order chi connectivity index (χ0) is 16.3. The molecule has 1 aliphatic rings. The molecule has 5 heteroatoms. The SMILES string of the molecule is CCCC(CC)Cn1cc2c(n1)CN(C(=O)OC(C)(C)C)C2. The Morgan fingerprint density at radius 2 is 2.09 bits per heavy atom. The molecule has 0 bridgehead atoms. The molecule has 0 aliphatic carbocycles.